The zero-order chi connectivity index (χ0) is 25.4. The van der Waals surface area contributed by atoms with Gasteiger partial charge in [-0.15, -0.1) is 11.3 Å². The fourth-order valence-electron chi connectivity index (χ4n) is 4.49. The van der Waals surface area contributed by atoms with E-state index in [-0.39, 0.29) is 31.2 Å². The number of thiophene rings is 1. The molecule has 194 valence electrons. The highest BCUT2D eigenvalue weighted by Crippen LogP contribution is 2.34. The van der Waals surface area contributed by atoms with Crippen LogP contribution in [0, 0.1) is 0 Å². The van der Waals surface area contributed by atoms with E-state index in [0.717, 1.165) is 25.1 Å². The third kappa shape index (κ3) is 8.04. The lowest BCUT2D eigenvalue weighted by molar-refractivity contribution is -0.136. The topological polar surface area (TPSA) is 62.2 Å². The molecule has 1 aliphatic rings. The zero-order valence-corrected chi connectivity index (χ0v) is 22.7. The fraction of sp³-hybridized carbons (Fsp3) is 0.607. The Labute approximate surface area is 214 Å². The number of nitrogens with zero attached hydrogens (tertiary/aromatic N) is 2. The quantitative estimate of drug-likeness (QED) is 0.423. The SMILES string of the molecule is CCCN(CC(=O)N1CCc2sccc2[C@H]1COc1ccc(C(C)C)cc1)C[C@H](O)COC(C)C. The fourth-order valence-corrected chi connectivity index (χ4v) is 5.41. The predicted octanol–water partition coefficient (Wildman–Crippen LogP) is 4.87. The molecule has 0 aliphatic carbocycles. The van der Waals surface area contributed by atoms with Crippen molar-refractivity contribution in [3.8, 4) is 5.75 Å². The number of carbonyl (C=O) groups is 1. The molecule has 6 nitrogen and oxygen atoms in total. The van der Waals surface area contributed by atoms with Gasteiger partial charge in [0.15, 0.2) is 0 Å². The summed E-state index contributed by atoms with van der Waals surface area (Å²) in [4.78, 5) is 18.9. The first kappa shape index (κ1) is 27.7. The molecule has 2 atom stereocenters. The van der Waals surface area contributed by atoms with Crippen LogP contribution in [0.4, 0.5) is 0 Å². The van der Waals surface area contributed by atoms with E-state index in [1.54, 1.807) is 11.3 Å². The largest absolute Gasteiger partial charge is 0.491 e. The number of aliphatic hydroxyl groups is 1. The Morgan fingerprint density at radius 2 is 1.94 bits per heavy atom. The molecule has 1 N–H and O–H groups in total. The molecule has 0 radical (unpaired) electrons. The highest BCUT2D eigenvalue weighted by molar-refractivity contribution is 7.10. The molecule has 35 heavy (non-hydrogen) atoms. The average molecular weight is 503 g/mol. The molecule has 1 aromatic heterocycles. The Balaban J connectivity index is 1.67. The molecule has 1 aliphatic heterocycles. The summed E-state index contributed by atoms with van der Waals surface area (Å²) in [6.07, 6.45) is 1.24. The third-order valence-corrected chi connectivity index (χ3v) is 7.36. The predicted molar refractivity (Wildman–Crippen MR) is 142 cm³/mol. The van der Waals surface area contributed by atoms with Gasteiger partial charge in [0.2, 0.25) is 5.91 Å². The van der Waals surface area contributed by atoms with E-state index < -0.39 is 6.10 Å². The molecule has 0 saturated heterocycles. The second kappa shape index (κ2) is 13.4. The number of amides is 1. The van der Waals surface area contributed by atoms with E-state index in [2.05, 4.69) is 44.4 Å². The van der Waals surface area contributed by atoms with Crippen molar-refractivity contribution < 1.29 is 19.4 Å². The van der Waals surface area contributed by atoms with Crippen LogP contribution < -0.4 is 4.74 Å². The van der Waals surface area contributed by atoms with Gasteiger partial charge in [-0.1, -0.05) is 32.9 Å². The highest BCUT2D eigenvalue weighted by Gasteiger charge is 2.33. The summed E-state index contributed by atoms with van der Waals surface area (Å²) in [6.45, 7) is 13.2. The van der Waals surface area contributed by atoms with Crippen LogP contribution in [0.2, 0.25) is 0 Å². The summed E-state index contributed by atoms with van der Waals surface area (Å²) in [7, 11) is 0. The average Bonchev–Trinajstić information content (AvgIpc) is 3.30. The van der Waals surface area contributed by atoms with Crippen molar-refractivity contribution in [1.82, 2.24) is 9.80 Å². The van der Waals surface area contributed by atoms with Crippen molar-refractivity contribution in [3.05, 3.63) is 51.7 Å². The Kier molecular flexibility index (Phi) is 10.6. The smallest absolute Gasteiger partial charge is 0.237 e. The normalized spacial score (nSPS) is 16.7. The third-order valence-electron chi connectivity index (χ3n) is 6.36. The second-order valence-electron chi connectivity index (χ2n) is 9.96. The van der Waals surface area contributed by atoms with E-state index in [1.807, 2.05) is 35.8 Å². The Morgan fingerprint density at radius 3 is 2.60 bits per heavy atom. The first-order valence-corrected chi connectivity index (χ1v) is 13.8. The van der Waals surface area contributed by atoms with Crippen LogP contribution in [-0.4, -0.2) is 72.4 Å². The molecule has 0 fully saturated rings. The molecule has 2 aromatic rings. The van der Waals surface area contributed by atoms with Gasteiger partial charge in [0.05, 0.1) is 31.4 Å². The number of aliphatic hydroxyl groups excluding tert-OH is 1. The van der Waals surface area contributed by atoms with Gasteiger partial charge in [-0.3, -0.25) is 9.69 Å². The summed E-state index contributed by atoms with van der Waals surface area (Å²) < 4.78 is 11.8. The minimum atomic E-state index is -0.616. The molecule has 0 spiro atoms. The van der Waals surface area contributed by atoms with Crippen molar-refractivity contribution >= 4 is 17.2 Å². The number of benzene rings is 1. The van der Waals surface area contributed by atoms with Gasteiger partial charge in [-0.25, -0.2) is 0 Å². The molecule has 1 aromatic carbocycles. The lowest BCUT2D eigenvalue weighted by atomic mass is 10.00. The van der Waals surface area contributed by atoms with E-state index in [0.29, 0.717) is 25.6 Å². The minimum Gasteiger partial charge on any atom is -0.491 e. The molecule has 2 heterocycles. The standard InChI is InChI=1S/C28H42N2O4S/c1-6-13-29(16-23(31)18-33-21(4)5)17-28(32)30-14-11-27-25(12-15-35-27)26(30)19-34-24-9-7-22(8-10-24)20(2)3/h7-10,12,15,20-21,23,26,31H,6,11,13-14,16-19H2,1-5H3/t23-,26+/m0/s1. The molecule has 1 amide bonds. The zero-order valence-electron chi connectivity index (χ0n) is 21.9. The Morgan fingerprint density at radius 1 is 1.20 bits per heavy atom. The molecule has 0 saturated carbocycles. The maximum absolute atomic E-state index is 13.5. The van der Waals surface area contributed by atoms with Crippen LogP contribution >= 0.6 is 11.3 Å². The monoisotopic (exact) mass is 502 g/mol. The Bertz CT molecular complexity index is 912. The van der Waals surface area contributed by atoms with Crippen molar-refractivity contribution in [2.24, 2.45) is 0 Å². The number of carbonyl (C=O) groups excluding carboxylic acids is 1. The minimum absolute atomic E-state index is 0.0707. The maximum atomic E-state index is 13.5. The van der Waals surface area contributed by atoms with Gasteiger partial charge >= 0.3 is 0 Å². The van der Waals surface area contributed by atoms with Crippen LogP contribution in [0.15, 0.2) is 35.7 Å². The second-order valence-corrected chi connectivity index (χ2v) is 11.0. The van der Waals surface area contributed by atoms with Crippen molar-refractivity contribution in [2.45, 2.75) is 71.6 Å². The van der Waals surface area contributed by atoms with Crippen molar-refractivity contribution in [2.75, 3.05) is 39.4 Å². The first-order valence-electron chi connectivity index (χ1n) is 12.9. The van der Waals surface area contributed by atoms with Crippen molar-refractivity contribution in [1.29, 1.82) is 0 Å². The van der Waals surface area contributed by atoms with Gasteiger partial charge in [-0.2, -0.15) is 0 Å². The van der Waals surface area contributed by atoms with Gasteiger partial charge in [-0.05, 0) is 73.9 Å². The Hall–Kier alpha value is -1.93. The molecule has 3 rings (SSSR count). The summed E-state index contributed by atoms with van der Waals surface area (Å²) >= 11 is 1.76. The number of hydrogen-bond donors (Lipinski definition) is 1. The van der Waals surface area contributed by atoms with Gasteiger partial charge in [0.1, 0.15) is 12.4 Å². The van der Waals surface area contributed by atoms with Crippen LogP contribution in [0.3, 0.4) is 0 Å². The number of fused-ring (bicyclic) bond motifs is 1. The lowest BCUT2D eigenvalue weighted by Gasteiger charge is -2.37. The van der Waals surface area contributed by atoms with Gasteiger partial charge in [0, 0.05) is 18.0 Å². The van der Waals surface area contributed by atoms with Crippen molar-refractivity contribution in [3.63, 3.8) is 0 Å². The van der Waals surface area contributed by atoms with Crippen LogP contribution in [0.5, 0.6) is 5.75 Å². The lowest BCUT2D eigenvalue weighted by Crippen LogP contribution is -2.48. The number of hydrogen-bond acceptors (Lipinski definition) is 6. The molecule has 0 unspecified atom stereocenters. The maximum Gasteiger partial charge on any atom is 0.237 e. The summed E-state index contributed by atoms with van der Waals surface area (Å²) in [5, 5.41) is 12.5. The van der Waals surface area contributed by atoms with E-state index in [1.165, 1.54) is 16.0 Å². The molecule has 7 heteroatoms. The van der Waals surface area contributed by atoms with Gasteiger partial charge in [0.25, 0.3) is 0 Å². The molecular formula is C28H42N2O4S. The summed E-state index contributed by atoms with van der Waals surface area (Å²) in [5.74, 6) is 1.38. The molecule has 0 bridgehead atoms. The number of ether oxygens (including phenoxy) is 2. The first-order chi connectivity index (χ1) is 16.8. The van der Waals surface area contributed by atoms with Gasteiger partial charge < -0.3 is 19.5 Å². The van der Waals surface area contributed by atoms with E-state index in [4.69, 9.17) is 9.47 Å². The summed E-state index contributed by atoms with van der Waals surface area (Å²) in [5.41, 5.74) is 2.48. The van der Waals surface area contributed by atoms with Crippen LogP contribution in [-0.2, 0) is 16.0 Å². The van der Waals surface area contributed by atoms with E-state index >= 15 is 0 Å². The van der Waals surface area contributed by atoms with Crippen LogP contribution in [0.1, 0.15) is 69.0 Å². The highest BCUT2D eigenvalue weighted by atomic mass is 32.1. The van der Waals surface area contributed by atoms with Crippen LogP contribution in [0.25, 0.3) is 0 Å². The molecular weight excluding hydrogens is 460 g/mol. The van der Waals surface area contributed by atoms with E-state index in [9.17, 15) is 9.90 Å². The number of rotatable bonds is 13. The summed E-state index contributed by atoms with van der Waals surface area (Å²) in [6, 6.07) is 10.3.